The molecule has 5 nitrogen and oxygen atoms in total. The van der Waals surface area contributed by atoms with Crippen LogP contribution in [0.15, 0.2) is 52.9 Å². The summed E-state index contributed by atoms with van der Waals surface area (Å²) >= 11 is 1.41. The maximum atomic E-state index is 9.46. The van der Waals surface area contributed by atoms with E-state index in [9.17, 15) is 5.26 Å². The Balaban J connectivity index is 1.77. The summed E-state index contributed by atoms with van der Waals surface area (Å²) in [5.74, 6) is 0.797. The molecule has 0 bridgehead atoms. The molecule has 0 aliphatic carbocycles. The van der Waals surface area contributed by atoms with Gasteiger partial charge in [0.1, 0.15) is 11.8 Å². The number of thiazole rings is 1. The number of anilines is 1. The van der Waals surface area contributed by atoms with Crippen molar-refractivity contribution in [2.45, 2.75) is 20.8 Å². The SMILES string of the molecule is CCOc1ccc(NN=C(C#N)c2nc(-c3ccc(C)c(C)c3)cs2)cc1. The number of nitrogens with zero attached hydrogens (tertiary/aromatic N) is 3. The Morgan fingerprint density at radius 2 is 1.96 bits per heavy atom. The molecule has 1 N–H and O–H groups in total. The molecular formula is C21H20N4OS. The van der Waals surface area contributed by atoms with E-state index in [0.29, 0.717) is 11.6 Å². The van der Waals surface area contributed by atoms with Crippen LogP contribution in [0.5, 0.6) is 5.75 Å². The molecule has 27 heavy (non-hydrogen) atoms. The molecule has 0 amide bonds. The first kappa shape index (κ1) is 18.6. The quantitative estimate of drug-likeness (QED) is 0.476. The van der Waals surface area contributed by atoms with E-state index in [4.69, 9.17) is 4.74 Å². The van der Waals surface area contributed by atoms with Gasteiger partial charge in [0.05, 0.1) is 18.0 Å². The summed E-state index contributed by atoms with van der Waals surface area (Å²) in [6, 6.07) is 15.8. The van der Waals surface area contributed by atoms with Crippen LogP contribution in [0.25, 0.3) is 11.3 Å². The molecule has 1 aromatic heterocycles. The summed E-state index contributed by atoms with van der Waals surface area (Å²) in [5, 5.41) is 16.2. The molecular weight excluding hydrogens is 356 g/mol. The van der Waals surface area contributed by atoms with Crippen LogP contribution >= 0.6 is 11.3 Å². The van der Waals surface area contributed by atoms with Gasteiger partial charge in [0.2, 0.25) is 0 Å². The number of hydrogen-bond acceptors (Lipinski definition) is 6. The number of hydrazone groups is 1. The maximum absolute atomic E-state index is 9.46. The lowest BCUT2D eigenvalue weighted by atomic mass is 10.1. The van der Waals surface area contributed by atoms with E-state index in [1.165, 1.54) is 22.5 Å². The van der Waals surface area contributed by atoms with Gasteiger partial charge in [-0.25, -0.2) is 4.98 Å². The highest BCUT2D eigenvalue weighted by Gasteiger charge is 2.11. The third kappa shape index (κ3) is 4.52. The lowest BCUT2D eigenvalue weighted by Crippen LogP contribution is -2.01. The standard InChI is InChI=1S/C21H20N4OS/c1-4-26-18-9-7-17(8-10-18)24-25-19(12-22)21-23-20(13-27-21)16-6-5-14(2)15(3)11-16/h5-11,13,24H,4H2,1-3H3. The van der Waals surface area contributed by atoms with E-state index in [-0.39, 0.29) is 5.71 Å². The Hall–Kier alpha value is -3.17. The molecule has 0 spiro atoms. The molecule has 0 atom stereocenters. The van der Waals surface area contributed by atoms with Gasteiger partial charge in [-0.05, 0) is 62.2 Å². The fourth-order valence-electron chi connectivity index (χ4n) is 2.45. The first-order valence-corrected chi connectivity index (χ1v) is 9.49. The van der Waals surface area contributed by atoms with E-state index in [1.807, 2.05) is 42.6 Å². The van der Waals surface area contributed by atoms with Crippen LogP contribution in [0.1, 0.15) is 23.1 Å². The third-order valence-corrected chi connectivity index (χ3v) is 4.93. The summed E-state index contributed by atoms with van der Waals surface area (Å²) in [6.45, 7) is 6.72. The monoisotopic (exact) mass is 376 g/mol. The molecule has 6 heteroatoms. The lowest BCUT2D eigenvalue weighted by Gasteiger charge is -2.04. The number of aromatic nitrogens is 1. The molecule has 3 rings (SSSR count). The average Bonchev–Trinajstić information content (AvgIpc) is 3.16. The molecule has 3 aromatic rings. The molecule has 136 valence electrons. The highest BCUT2D eigenvalue weighted by atomic mass is 32.1. The van der Waals surface area contributed by atoms with Crippen LogP contribution in [0.4, 0.5) is 5.69 Å². The molecule has 1 heterocycles. The highest BCUT2D eigenvalue weighted by Crippen LogP contribution is 2.24. The second-order valence-corrected chi connectivity index (χ2v) is 6.84. The first-order valence-electron chi connectivity index (χ1n) is 8.61. The Labute approximate surface area is 163 Å². The topological polar surface area (TPSA) is 70.3 Å². The Morgan fingerprint density at radius 1 is 1.19 bits per heavy atom. The summed E-state index contributed by atoms with van der Waals surface area (Å²) < 4.78 is 5.41. The fraction of sp³-hybridized carbons (Fsp3) is 0.190. The van der Waals surface area contributed by atoms with Gasteiger partial charge in [-0.15, -0.1) is 11.3 Å². The molecule has 0 fully saturated rings. The van der Waals surface area contributed by atoms with Crippen molar-refractivity contribution in [1.29, 1.82) is 5.26 Å². The largest absolute Gasteiger partial charge is 0.494 e. The second kappa shape index (κ2) is 8.47. The van der Waals surface area contributed by atoms with E-state index < -0.39 is 0 Å². The Kier molecular flexibility index (Phi) is 5.84. The molecule has 0 saturated heterocycles. The maximum Gasteiger partial charge on any atom is 0.196 e. The summed E-state index contributed by atoms with van der Waals surface area (Å²) in [7, 11) is 0. The van der Waals surface area contributed by atoms with Crippen molar-refractivity contribution in [3.05, 3.63) is 64.0 Å². The molecule has 2 aromatic carbocycles. The normalized spacial score (nSPS) is 11.1. The Morgan fingerprint density at radius 3 is 2.63 bits per heavy atom. The van der Waals surface area contributed by atoms with Crippen molar-refractivity contribution in [2.75, 3.05) is 12.0 Å². The van der Waals surface area contributed by atoms with Gasteiger partial charge in [0, 0.05) is 10.9 Å². The van der Waals surface area contributed by atoms with E-state index in [0.717, 1.165) is 22.7 Å². The molecule has 0 aliphatic rings. The minimum atomic E-state index is 0.254. The van der Waals surface area contributed by atoms with Gasteiger partial charge in [-0.1, -0.05) is 12.1 Å². The van der Waals surface area contributed by atoms with Gasteiger partial charge < -0.3 is 4.74 Å². The zero-order chi connectivity index (χ0) is 19.2. The van der Waals surface area contributed by atoms with Gasteiger partial charge in [-0.2, -0.15) is 10.4 Å². The zero-order valence-electron chi connectivity index (χ0n) is 15.5. The predicted octanol–water partition coefficient (Wildman–Crippen LogP) is 5.17. The van der Waals surface area contributed by atoms with E-state index in [2.05, 4.69) is 47.6 Å². The van der Waals surface area contributed by atoms with Crippen LogP contribution in [0.2, 0.25) is 0 Å². The zero-order valence-corrected chi connectivity index (χ0v) is 16.3. The number of nitrogens with one attached hydrogen (secondary N) is 1. The van der Waals surface area contributed by atoms with Gasteiger partial charge in [0.25, 0.3) is 0 Å². The number of ether oxygens (including phenoxy) is 1. The van der Waals surface area contributed by atoms with Crippen molar-refractivity contribution >= 4 is 22.7 Å². The van der Waals surface area contributed by atoms with Crippen molar-refractivity contribution < 1.29 is 4.74 Å². The van der Waals surface area contributed by atoms with Crippen LogP contribution in [0.3, 0.4) is 0 Å². The van der Waals surface area contributed by atoms with E-state index in [1.54, 1.807) is 0 Å². The van der Waals surface area contributed by atoms with Crippen molar-refractivity contribution in [3.8, 4) is 23.1 Å². The van der Waals surface area contributed by atoms with E-state index >= 15 is 0 Å². The van der Waals surface area contributed by atoms with Crippen molar-refractivity contribution in [2.24, 2.45) is 5.10 Å². The number of nitriles is 1. The van der Waals surface area contributed by atoms with Gasteiger partial charge in [-0.3, -0.25) is 5.43 Å². The number of benzene rings is 2. The number of hydrogen-bond donors (Lipinski definition) is 1. The summed E-state index contributed by atoms with van der Waals surface area (Å²) in [4.78, 5) is 4.58. The molecule has 0 unspecified atom stereocenters. The average molecular weight is 376 g/mol. The summed E-state index contributed by atoms with van der Waals surface area (Å²) in [6.07, 6.45) is 0. The molecule has 0 saturated carbocycles. The number of aryl methyl sites for hydroxylation is 2. The number of rotatable bonds is 6. The van der Waals surface area contributed by atoms with Crippen molar-refractivity contribution in [1.82, 2.24) is 4.98 Å². The molecule has 0 radical (unpaired) electrons. The third-order valence-electron chi connectivity index (χ3n) is 4.08. The first-order chi connectivity index (χ1) is 13.1. The fourth-order valence-corrected chi connectivity index (χ4v) is 3.22. The summed E-state index contributed by atoms with van der Waals surface area (Å²) in [5.41, 5.74) is 8.28. The Bertz CT molecular complexity index is 1000. The molecule has 0 aliphatic heterocycles. The van der Waals surface area contributed by atoms with Crippen LogP contribution in [-0.4, -0.2) is 17.3 Å². The highest BCUT2D eigenvalue weighted by molar-refractivity contribution is 7.12. The van der Waals surface area contributed by atoms with Gasteiger partial charge in [0.15, 0.2) is 10.7 Å². The lowest BCUT2D eigenvalue weighted by molar-refractivity contribution is 0.340. The van der Waals surface area contributed by atoms with Crippen molar-refractivity contribution in [3.63, 3.8) is 0 Å². The minimum Gasteiger partial charge on any atom is -0.494 e. The van der Waals surface area contributed by atoms with Gasteiger partial charge >= 0.3 is 0 Å². The van der Waals surface area contributed by atoms with Crippen LogP contribution in [-0.2, 0) is 0 Å². The second-order valence-electron chi connectivity index (χ2n) is 5.98. The van der Waals surface area contributed by atoms with Crippen LogP contribution < -0.4 is 10.2 Å². The van der Waals surface area contributed by atoms with Crippen LogP contribution in [0, 0.1) is 25.2 Å². The predicted molar refractivity (Wildman–Crippen MR) is 110 cm³/mol. The smallest absolute Gasteiger partial charge is 0.196 e. The minimum absolute atomic E-state index is 0.254.